The Kier molecular flexibility index (Phi) is 9.41. The van der Waals surface area contributed by atoms with Crippen LogP contribution >= 0.6 is 23.2 Å². The van der Waals surface area contributed by atoms with Crippen LogP contribution in [0, 0.1) is 11.3 Å². The van der Waals surface area contributed by atoms with Gasteiger partial charge in [-0.25, -0.2) is 4.79 Å². The summed E-state index contributed by atoms with van der Waals surface area (Å²) >= 11 is 12.3. The lowest BCUT2D eigenvalue weighted by molar-refractivity contribution is 0.0734. The van der Waals surface area contributed by atoms with Crippen LogP contribution in [0.4, 0.5) is 0 Å². The van der Waals surface area contributed by atoms with Gasteiger partial charge in [0.2, 0.25) is 5.88 Å². The van der Waals surface area contributed by atoms with Crippen LogP contribution in [0.2, 0.25) is 10.0 Å². The molecule has 0 fully saturated rings. The Morgan fingerprint density at radius 1 is 0.953 bits per heavy atom. The second kappa shape index (κ2) is 13.6. The number of hydrogen-bond acceptors (Lipinski definition) is 7. The van der Waals surface area contributed by atoms with Gasteiger partial charge in [0.25, 0.3) is 0 Å². The highest BCUT2D eigenvalue weighted by Crippen LogP contribution is 2.44. The van der Waals surface area contributed by atoms with Crippen LogP contribution in [0.5, 0.6) is 23.0 Å². The minimum Gasteiger partial charge on any atom is -0.494 e. The third kappa shape index (κ3) is 7.06. The third-order valence-corrected chi connectivity index (χ3v) is 7.43. The molecule has 1 atom stereocenters. The van der Waals surface area contributed by atoms with Crippen molar-refractivity contribution in [3.05, 3.63) is 129 Å². The Labute approximate surface area is 260 Å². The molecule has 0 radical (unpaired) electrons. The number of carbonyl (C=O) groups is 1. The monoisotopic (exact) mass is 614 g/mol. The average molecular weight is 616 g/mol. The average Bonchev–Trinajstić information content (AvgIpc) is 3.00. The molecule has 1 aliphatic heterocycles. The molecule has 2 N–H and O–H groups in total. The van der Waals surface area contributed by atoms with Gasteiger partial charge in [-0.3, -0.25) is 0 Å². The number of nitriles is 1. The number of rotatable bonds is 10. The normalized spacial score (nSPS) is 13.9. The van der Waals surface area contributed by atoms with Crippen LogP contribution in [-0.2, 0) is 6.61 Å². The standard InChI is InChI=1S/C34H28Cl2N2O5/c1-2-3-14-40-25-8-5-7-22(16-25)34(39)42-27-12-13-28-31(18-27)43-33(38)29(19-37)32(28)21-6-4-9-26(15-21)41-20-23-10-11-24(35)17-30(23)36/h4-13,15-18,32H,2-3,14,20,38H2,1H3. The molecule has 0 aliphatic carbocycles. The highest BCUT2D eigenvalue weighted by Gasteiger charge is 2.31. The smallest absolute Gasteiger partial charge is 0.343 e. The summed E-state index contributed by atoms with van der Waals surface area (Å²) in [5, 5.41) is 11.0. The number of unbranched alkanes of at least 4 members (excludes halogenated alkanes) is 1. The maximum absolute atomic E-state index is 12.9. The molecule has 9 heteroatoms. The molecule has 0 amide bonds. The Morgan fingerprint density at radius 3 is 2.51 bits per heavy atom. The summed E-state index contributed by atoms with van der Waals surface area (Å²) in [6.45, 7) is 2.89. The van der Waals surface area contributed by atoms with Gasteiger partial charge >= 0.3 is 5.97 Å². The first kappa shape index (κ1) is 29.8. The van der Waals surface area contributed by atoms with Gasteiger partial charge in [-0.05, 0) is 60.5 Å². The second-order valence-electron chi connectivity index (χ2n) is 9.84. The number of nitrogens with zero attached hydrogens (tertiary/aromatic N) is 1. The van der Waals surface area contributed by atoms with Crippen molar-refractivity contribution < 1.29 is 23.7 Å². The Balaban J connectivity index is 1.37. The van der Waals surface area contributed by atoms with E-state index in [0.29, 0.717) is 45.0 Å². The van der Waals surface area contributed by atoms with E-state index >= 15 is 0 Å². The quantitative estimate of drug-likeness (QED) is 0.109. The van der Waals surface area contributed by atoms with Crippen LogP contribution in [0.25, 0.3) is 0 Å². The lowest BCUT2D eigenvalue weighted by Crippen LogP contribution is -2.21. The molecule has 0 bridgehead atoms. The van der Waals surface area contributed by atoms with Gasteiger partial charge in [0.1, 0.15) is 41.2 Å². The molecule has 4 aromatic carbocycles. The van der Waals surface area contributed by atoms with Crippen molar-refractivity contribution in [1.82, 2.24) is 0 Å². The number of hydrogen-bond donors (Lipinski definition) is 1. The lowest BCUT2D eigenvalue weighted by Gasteiger charge is -2.27. The molecule has 0 saturated heterocycles. The van der Waals surface area contributed by atoms with Gasteiger partial charge in [-0.2, -0.15) is 5.26 Å². The molecule has 0 spiro atoms. The van der Waals surface area contributed by atoms with Crippen LogP contribution in [-0.4, -0.2) is 12.6 Å². The maximum atomic E-state index is 12.9. The minimum atomic E-state index is -0.542. The fourth-order valence-electron chi connectivity index (χ4n) is 4.64. The van der Waals surface area contributed by atoms with Gasteiger partial charge in [0, 0.05) is 27.2 Å². The van der Waals surface area contributed by atoms with E-state index in [2.05, 4.69) is 13.0 Å². The molecule has 5 rings (SSSR count). The van der Waals surface area contributed by atoms with Crippen molar-refractivity contribution in [2.45, 2.75) is 32.3 Å². The van der Waals surface area contributed by atoms with Gasteiger partial charge in [0.05, 0.1) is 18.1 Å². The summed E-state index contributed by atoms with van der Waals surface area (Å²) in [6.07, 6.45) is 1.93. The van der Waals surface area contributed by atoms with E-state index in [4.69, 9.17) is 47.9 Å². The van der Waals surface area contributed by atoms with E-state index in [1.54, 1.807) is 54.6 Å². The van der Waals surface area contributed by atoms with E-state index in [1.807, 2.05) is 30.3 Å². The van der Waals surface area contributed by atoms with Gasteiger partial charge in [-0.15, -0.1) is 0 Å². The number of halogens is 2. The van der Waals surface area contributed by atoms with E-state index in [-0.39, 0.29) is 23.8 Å². The van der Waals surface area contributed by atoms with E-state index in [9.17, 15) is 10.1 Å². The predicted molar refractivity (Wildman–Crippen MR) is 165 cm³/mol. The first-order valence-electron chi connectivity index (χ1n) is 13.7. The number of benzene rings is 4. The maximum Gasteiger partial charge on any atom is 0.343 e. The molecule has 7 nitrogen and oxygen atoms in total. The summed E-state index contributed by atoms with van der Waals surface area (Å²) in [4.78, 5) is 12.9. The number of fused-ring (bicyclic) bond motifs is 1. The first-order chi connectivity index (χ1) is 20.9. The minimum absolute atomic E-state index is 0.0281. The molecular formula is C34H28Cl2N2O5. The van der Waals surface area contributed by atoms with Crippen molar-refractivity contribution in [3.63, 3.8) is 0 Å². The Hall–Kier alpha value is -4.64. The van der Waals surface area contributed by atoms with Gasteiger partial charge in [0.15, 0.2) is 0 Å². The van der Waals surface area contributed by atoms with Crippen molar-refractivity contribution in [1.29, 1.82) is 5.26 Å². The summed E-state index contributed by atoms with van der Waals surface area (Å²) in [7, 11) is 0. The molecular weight excluding hydrogens is 587 g/mol. The van der Waals surface area contributed by atoms with Crippen LogP contribution in [0.3, 0.4) is 0 Å². The molecule has 1 unspecified atom stereocenters. The first-order valence-corrected chi connectivity index (χ1v) is 14.4. The summed E-state index contributed by atoms with van der Waals surface area (Å²) in [6, 6.07) is 26.7. The van der Waals surface area contributed by atoms with Crippen molar-refractivity contribution in [2.75, 3.05) is 6.61 Å². The third-order valence-electron chi connectivity index (χ3n) is 6.84. The number of ether oxygens (including phenoxy) is 4. The van der Waals surface area contributed by atoms with Crippen LogP contribution < -0.4 is 24.7 Å². The van der Waals surface area contributed by atoms with Crippen molar-refractivity contribution >= 4 is 29.2 Å². The highest BCUT2D eigenvalue weighted by atomic mass is 35.5. The zero-order chi connectivity index (χ0) is 30.3. The number of esters is 1. The molecule has 0 saturated carbocycles. The zero-order valence-corrected chi connectivity index (χ0v) is 24.8. The lowest BCUT2D eigenvalue weighted by atomic mass is 9.83. The fraction of sp³-hybridized carbons (Fsp3) is 0.176. The largest absolute Gasteiger partial charge is 0.494 e. The second-order valence-corrected chi connectivity index (χ2v) is 10.7. The highest BCUT2D eigenvalue weighted by molar-refractivity contribution is 6.35. The van der Waals surface area contributed by atoms with Gasteiger partial charge in [-0.1, -0.05) is 66.9 Å². The molecule has 1 aliphatic rings. The van der Waals surface area contributed by atoms with Crippen molar-refractivity contribution in [3.8, 4) is 29.1 Å². The van der Waals surface area contributed by atoms with E-state index in [0.717, 1.165) is 24.0 Å². The van der Waals surface area contributed by atoms with Crippen LogP contribution in [0.1, 0.15) is 52.7 Å². The number of carbonyl (C=O) groups excluding carboxylic acids is 1. The fourth-order valence-corrected chi connectivity index (χ4v) is 5.10. The summed E-state index contributed by atoms with van der Waals surface area (Å²) < 4.78 is 23.2. The SMILES string of the molecule is CCCCOc1cccc(C(=O)Oc2ccc3c(c2)OC(N)=C(C#N)C3c2cccc(OCc3ccc(Cl)cc3Cl)c2)c1. The topological polar surface area (TPSA) is 104 Å². The Bertz CT molecular complexity index is 1730. The Morgan fingerprint density at radius 2 is 1.74 bits per heavy atom. The predicted octanol–water partition coefficient (Wildman–Crippen LogP) is 8.19. The zero-order valence-electron chi connectivity index (χ0n) is 23.3. The molecule has 218 valence electrons. The molecule has 43 heavy (non-hydrogen) atoms. The summed E-state index contributed by atoms with van der Waals surface area (Å²) in [5.41, 5.74) is 9.06. The molecule has 4 aromatic rings. The summed E-state index contributed by atoms with van der Waals surface area (Å²) in [5.74, 6) is 0.730. The van der Waals surface area contributed by atoms with Gasteiger partial charge < -0.3 is 24.7 Å². The van der Waals surface area contributed by atoms with E-state index < -0.39 is 11.9 Å². The molecule has 0 aromatic heterocycles. The van der Waals surface area contributed by atoms with E-state index in [1.165, 1.54) is 0 Å². The van der Waals surface area contributed by atoms with Crippen LogP contribution in [0.15, 0.2) is 96.4 Å². The number of nitrogens with two attached hydrogens (primary N) is 1. The molecule has 1 heterocycles. The number of allylic oxidation sites excluding steroid dienone is 1. The van der Waals surface area contributed by atoms with Crippen molar-refractivity contribution in [2.24, 2.45) is 5.73 Å².